The van der Waals surface area contributed by atoms with Crippen molar-refractivity contribution in [1.82, 2.24) is 0 Å². The highest BCUT2D eigenvalue weighted by molar-refractivity contribution is 5.85. The Morgan fingerprint density at radius 2 is 1.58 bits per heavy atom. The summed E-state index contributed by atoms with van der Waals surface area (Å²) < 4.78 is 4.98. The van der Waals surface area contributed by atoms with E-state index >= 15 is 0 Å². The smallest absolute Gasteiger partial charge is 0.137 e. The molecule has 1 rings (SSSR count). The van der Waals surface area contributed by atoms with Crippen LogP contribution in [0, 0.1) is 0 Å². The number of nitrogens with two attached hydrogens (primary N) is 2. The fourth-order valence-electron chi connectivity index (χ4n) is 0.660. The van der Waals surface area contributed by atoms with Crippen LogP contribution in [0.2, 0.25) is 0 Å². The fourth-order valence-corrected chi connectivity index (χ4v) is 0.660. The Hall–Kier alpha value is -0.640. The van der Waals surface area contributed by atoms with Crippen LogP contribution in [0.3, 0.4) is 0 Å². The van der Waals surface area contributed by atoms with Crippen LogP contribution in [0.5, 0.6) is 5.75 Å². The van der Waals surface area contributed by atoms with Crippen molar-refractivity contribution >= 4 is 30.5 Å². The predicted octanol–water partition coefficient (Wildman–Crippen LogP) is 1.41. The SMILES string of the molecule is Cl.Cl.NCOc1ccc(N)cc1. The Balaban J connectivity index is 0. The second-order valence-electron chi connectivity index (χ2n) is 1.88. The van der Waals surface area contributed by atoms with Crippen molar-refractivity contribution in [3.8, 4) is 5.75 Å². The van der Waals surface area contributed by atoms with Gasteiger partial charge in [-0.25, -0.2) is 0 Å². The molecule has 1 aromatic carbocycles. The van der Waals surface area contributed by atoms with E-state index in [0.29, 0.717) is 0 Å². The van der Waals surface area contributed by atoms with Crippen molar-refractivity contribution in [2.45, 2.75) is 0 Å². The molecule has 12 heavy (non-hydrogen) atoms. The molecule has 0 aliphatic heterocycles. The van der Waals surface area contributed by atoms with Gasteiger partial charge in [0.1, 0.15) is 12.5 Å². The summed E-state index contributed by atoms with van der Waals surface area (Å²) in [5, 5.41) is 0. The van der Waals surface area contributed by atoms with Crippen LogP contribution < -0.4 is 16.2 Å². The van der Waals surface area contributed by atoms with Gasteiger partial charge in [-0.2, -0.15) is 0 Å². The lowest BCUT2D eigenvalue weighted by Gasteiger charge is -2.00. The van der Waals surface area contributed by atoms with Crippen LogP contribution in [0.4, 0.5) is 5.69 Å². The van der Waals surface area contributed by atoms with Gasteiger partial charge in [-0.1, -0.05) is 0 Å². The van der Waals surface area contributed by atoms with Crippen LogP contribution in [-0.4, -0.2) is 6.73 Å². The van der Waals surface area contributed by atoms with Gasteiger partial charge in [0, 0.05) is 5.69 Å². The summed E-state index contributed by atoms with van der Waals surface area (Å²) in [6, 6.07) is 7.10. The summed E-state index contributed by atoms with van der Waals surface area (Å²) in [7, 11) is 0. The number of hydrogen-bond donors (Lipinski definition) is 2. The molecule has 0 saturated carbocycles. The molecule has 0 unspecified atom stereocenters. The van der Waals surface area contributed by atoms with E-state index in [9.17, 15) is 0 Å². The van der Waals surface area contributed by atoms with Gasteiger partial charge < -0.3 is 10.5 Å². The minimum Gasteiger partial charge on any atom is -0.479 e. The zero-order chi connectivity index (χ0) is 7.40. The molecular formula is C7H12Cl2N2O. The van der Waals surface area contributed by atoms with Gasteiger partial charge in [0.05, 0.1) is 0 Å². The average Bonchev–Trinajstić information content (AvgIpc) is 1.95. The minimum absolute atomic E-state index is 0. The molecule has 5 heteroatoms. The number of halogens is 2. The Bertz CT molecular complexity index is 203. The molecule has 1 aromatic rings. The minimum atomic E-state index is 0. The normalized spacial score (nSPS) is 7.75. The van der Waals surface area contributed by atoms with Crippen LogP contribution in [-0.2, 0) is 0 Å². The van der Waals surface area contributed by atoms with Gasteiger partial charge in [0.15, 0.2) is 0 Å². The first-order valence-electron chi connectivity index (χ1n) is 3.01. The Kier molecular flexibility index (Phi) is 8.16. The number of rotatable bonds is 2. The van der Waals surface area contributed by atoms with E-state index in [1.54, 1.807) is 24.3 Å². The van der Waals surface area contributed by atoms with Gasteiger partial charge in [-0.15, -0.1) is 24.8 Å². The van der Waals surface area contributed by atoms with E-state index in [2.05, 4.69) is 0 Å². The van der Waals surface area contributed by atoms with Crippen molar-refractivity contribution in [2.24, 2.45) is 5.73 Å². The van der Waals surface area contributed by atoms with Crippen molar-refractivity contribution in [2.75, 3.05) is 12.5 Å². The standard InChI is InChI=1S/C7H10N2O.2ClH/c8-5-10-7-3-1-6(9)2-4-7;;/h1-4H,5,8-9H2;2*1H. The van der Waals surface area contributed by atoms with E-state index in [1.165, 1.54) is 0 Å². The summed E-state index contributed by atoms with van der Waals surface area (Å²) in [5.74, 6) is 0.747. The molecule has 0 radical (unpaired) electrons. The summed E-state index contributed by atoms with van der Waals surface area (Å²) in [5.41, 5.74) is 11.3. The second-order valence-corrected chi connectivity index (χ2v) is 1.88. The summed E-state index contributed by atoms with van der Waals surface area (Å²) >= 11 is 0. The van der Waals surface area contributed by atoms with E-state index in [-0.39, 0.29) is 31.5 Å². The van der Waals surface area contributed by atoms with Crippen molar-refractivity contribution in [3.05, 3.63) is 24.3 Å². The quantitative estimate of drug-likeness (QED) is 0.574. The van der Waals surface area contributed by atoms with Gasteiger partial charge >= 0.3 is 0 Å². The highest BCUT2D eigenvalue weighted by Gasteiger charge is 1.88. The summed E-state index contributed by atoms with van der Waals surface area (Å²) in [6.07, 6.45) is 0. The second kappa shape index (κ2) is 7.03. The number of anilines is 1. The first kappa shape index (κ1) is 13.9. The Labute approximate surface area is 83.9 Å². The Morgan fingerprint density at radius 1 is 1.08 bits per heavy atom. The largest absolute Gasteiger partial charge is 0.479 e. The third kappa shape index (κ3) is 4.28. The molecular weight excluding hydrogens is 199 g/mol. The molecule has 4 N–H and O–H groups in total. The molecule has 0 aliphatic rings. The van der Waals surface area contributed by atoms with Gasteiger partial charge in [-0.3, -0.25) is 5.73 Å². The van der Waals surface area contributed by atoms with Gasteiger partial charge in [-0.05, 0) is 24.3 Å². The van der Waals surface area contributed by atoms with Crippen LogP contribution in [0.1, 0.15) is 0 Å². The molecule has 70 valence electrons. The molecule has 0 saturated heterocycles. The van der Waals surface area contributed by atoms with Crippen LogP contribution in [0.15, 0.2) is 24.3 Å². The fraction of sp³-hybridized carbons (Fsp3) is 0.143. The maximum atomic E-state index is 5.44. The van der Waals surface area contributed by atoms with E-state index in [0.717, 1.165) is 11.4 Å². The van der Waals surface area contributed by atoms with E-state index < -0.39 is 0 Å². The van der Waals surface area contributed by atoms with Gasteiger partial charge in [0.25, 0.3) is 0 Å². The summed E-state index contributed by atoms with van der Waals surface area (Å²) in [4.78, 5) is 0. The maximum Gasteiger partial charge on any atom is 0.137 e. The number of hydrogen-bond acceptors (Lipinski definition) is 3. The average molecular weight is 211 g/mol. The molecule has 0 atom stereocenters. The number of benzene rings is 1. The molecule has 3 nitrogen and oxygen atoms in total. The predicted molar refractivity (Wildman–Crippen MR) is 55.0 cm³/mol. The third-order valence-electron chi connectivity index (χ3n) is 1.13. The number of nitrogen functional groups attached to an aromatic ring is 1. The van der Waals surface area contributed by atoms with Crippen LogP contribution in [0.25, 0.3) is 0 Å². The zero-order valence-corrected chi connectivity index (χ0v) is 8.03. The maximum absolute atomic E-state index is 5.44. The van der Waals surface area contributed by atoms with E-state index in [1.807, 2.05) is 0 Å². The first-order valence-corrected chi connectivity index (χ1v) is 3.01. The van der Waals surface area contributed by atoms with Gasteiger partial charge in [0.2, 0.25) is 0 Å². The molecule has 0 heterocycles. The topological polar surface area (TPSA) is 61.3 Å². The lowest BCUT2D eigenvalue weighted by Crippen LogP contribution is -2.06. The van der Waals surface area contributed by atoms with Crippen molar-refractivity contribution < 1.29 is 4.74 Å². The highest BCUT2D eigenvalue weighted by atomic mass is 35.5. The zero-order valence-electron chi connectivity index (χ0n) is 6.40. The first-order chi connectivity index (χ1) is 4.83. The molecule has 0 fully saturated rings. The lowest BCUT2D eigenvalue weighted by molar-refractivity contribution is 0.330. The monoisotopic (exact) mass is 210 g/mol. The molecule has 0 aromatic heterocycles. The molecule has 0 aliphatic carbocycles. The van der Waals surface area contributed by atoms with Crippen molar-refractivity contribution in [1.29, 1.82) is 0 Å². The third-order valence-corrected chi connectivity index (χ3v) is 1.13. The van der Waals surface area contributed by atoms with Crippen molar-refractivity contribution in [3.63, 3.8) is 0 Å². The highest BCUT2D eigenvalue weighted by Crippen LogP contribution is 2.11. The number of ether oxygens (including phenoxy) is 1. The lowest BCUT2D eigenvalue weighted by atomic mass is 10.3. The van der Waals surface area contributed by atoms with E-state index in [4.69, 9.17) is 16.2 Å². The Morgan fingerprint density at radius 3 is 2.00 bits per heavy atom. The molecule has 0 bridgehead atoms. The van der Waals surface area contributed by atoms with Crippen LogP contribution >= 0.6 is 24.8 Å². The molecule has 0 amide bonds. The molecule has 0 spiro atoms. The summed E-state index contributed by atoms with van der Waals surface area (Å²) in [6.45, 7) is 0.198.